The van der Waals surface area contributed by atoms with Crippen molar-refractivity contribution in [1.29, 1.82) is 0 Å². The normalized spacial score (nSPS) is 21.2. The lowest BCUT2D eigenvalue weighted by Gasteiger charge is -2.47. The molecule has 19 heavy (non-hydrogen) atoms. The SMILES string of the molecule is Nc1cc(N2CCC3(CC2)COC3)ccc1[N+](=O)[O-]. The lowest BCUT2D eigenvalue weighted by atomic mass is 9.77. The van der Waals surface area contributed by atoms with Crippen LogP contribution in [0.5, 0.6) is 0 Å². The molecule has 0 radical (unpaired) electrons. The van der Waals surface area contributed by atoms with Gasteiger partial charge in [-0.3, -0.25) is 10.1 Å². The Labute approximate surface area is 111 Å². The average Bonchev–Trinajstić information content (AvgIpc) is 2.36. The van der Waals surface area contributed by atoms with E-state index in [9.17, 15) is 10.1 Å². The fraction of sp³-hybridized carbons (Fsp3) is 0.538. The van der Waals surface area contributed by atoms with Crippen LogP contribution in [0.15, 0.2) is 18.2 Å². The summed E-state index contributed by atoms with van der Waals surface area (Å²) in [6, 6.07) is 4.97. The number of ether oxygens (including phenoxy) is 1. The van der Waals surface area contributed by atoms with E-state index in [4.69, 9.17) is 10.5 Å². The van der Waals surface area contributed by atoms with Gasteiger partial charge in [0.2, 0.25) is 0 Å². The smallest absolute Gasteiger partial charge is 0.292 e. The second-order valence-electron chi connectivity index (χ2n) is 5.48. The molecule has 0 atom stereocenters. The van der Waals surface area contributed by atoms with Gasteiger partial charge in [-0.25, -0.2) is 0 Å². The third-order valence-corrected chi connectivity index (χ3v) is 4.21. The molecule has 2 heterocycles. The average molecular weight is 263 g/mol. The molecular formula is C13H17N3O3. The maximum atomic E-state index is 10.7. The zero-order valence-corrected chi connectivity index (χ0v) is 10.7. The van der Waals surface area contributed by atoms with Crippen molar-refractivity contribution in [3.05, 3.63) is 28.3 Å². The van der Waals surface area contributed by atoms with Crippen molar-refractivity contribution >= 4 is 17.1 Å². The number of piperidine rings is 1. The van der Waals surface area contributed by atoms with Gasteiger partial charge >= 0.3 is 0 Å². The highest BCUT2D eigenvalue weighted by Crippen LogP contribution is 2.40. The Balaban J connectivity index is 1.73. The van der Waals surface area contributed by atoms with Crippen molar-refractivity contribution in [1.82, 2.24) is 0 Å². The molecule has 0 aromatic heterocycles. The van der Waals surface area contributed by atoms with Crippen LogP contribution in [-0.4, -0.2) is 31.2 Å². The molecule has 2 aliphatic rings. The molecule has 2 aliphatic heterocycles. The van der Waals surface area contributed by atoms with Crippen LogP contribution in [0.3, 0.4) is 0 Å². The van der Waals surface area contributed by atoms with Gasteiger partial charge in [-0.15, -0.1) is 0 Å². The van der Waals surface area contributed by atoms with Gasteiger partial charge in [0.25, 0.3) is 5.69 Å². The van der Waals surface area contributed by atoms with Crippen LogP contribution >= 0.6 is 0 Å². The second-order valence-corrected chi connectivity index (χ2v) is 5.48. The van der Waals surface area contributed by atoms with E-state index in [1.165, 1.54) is 6.07 Å². The summed E-state index contributed by atoms with van der Waals surface area (Å²) < 4.78 is 5.30. The van der Waals surface area contributed by atoms with Crippen LogP contribution in [0.25, 0.3) is 0 Å². The van der Waals surface area contributed by atoms with Gasteiger partial charge in [0.15, 0.2) is 0 Å². The quantitative estimate of drug-likeness (QED) is 0.500. The molecule has 0 amide bonds. The summed E-state index contributed by atoms with van der Waals surface area (Å²) in [4.78, 5) is 12.5. The van der Waals surface area contributed by atoms with Crippen LogP contribution in [-0.2, 0) is 4.74 Å². The van der Waals surface area contributed by atoms with E-state index < -0.39 is 4.92 Å². The molecule has 0 saturated carbocycles. The highest BCUT2D eigenvalue weighted by Gasteiger charge is 2.41. The standard InChI is InChI=1S/C13H17N3O3/c14-11-7-10(1-2-12(11)16(17)18)15-5-3-13(4-6-15)8-19-9-13/h1-2,7H,3-6,8-9,14H2. The first-order chi connectivity index (χ1) is 9.10. The van der Waals surface area contributed by atoms with Crippen LogP contribution in [0, 0.1) is 15.5 Å². The van der Waals surface area contributed by atoms with Crippen molar-refractivity contribution in [2.75, 3.05) is 36.9 Å². The van der Waals surface area contributed by atoms with Crippen molar-refractivity contribution in [2.45, 2.75) is 12.8 Å². The van der Waals surface area contributed by atoms with E-state index in [2.05, 4.69) is 4.90 Å². The number of rotatable bonds is 2. The lowest BCUT2D eigenvalue weighted by molar-refractivity contribution is -0.383. The van der Waals surface area contributed by atoms with E-state index in [-0.39, 0.29) is 11.4 Å². The van der Waals surface area contributed by atoms with E-state index in [1.807, 2.05) is 0 Å². The first-order valence-corrected chi connectivity index (χ1v) is 6.46. The molecular weight excluding hydrogens is 246 g/mol. The Kier molecular flexibility index (Phi) is 2.82. The van der Waals surface area contributed by atoms with Gasteiger partial charge < -0.3 is 15.4 Å². The second kappa shape index (κ2) is 4.38. The molecule has 0 aliphatic carbocycles. The van der Waals surface area contributed by atoms with Gasteiger partial charge in [0, 0.05) is 30.3 Å². The third kappa shape index (κ3) is 2.12. The van der Waals surface area contributed by atoms with E-state index in [1.54, 1.807) is 12.1 Å². The highest BCUT2D eigenvalue weighted by atomic mass is 16.6. The number of nitrogens with zero attached hydrogens (tertiary/aromatic N) is 2. The van der Waals surface area contributed by atoms with Crippen molar-refractivity contribution in [3.8, 4) is 0 Å². The number of anilines is 2. The zero-order valence-electron chi connectivity index (χ0n) is 10.7. The van der Waals surface area contributed by atoms with Crippen molar-refractivity contribution < 1.29 is 9.66 Å². The Morgan fingerprint density at radius 3 is 2.47 bits per heavy atom. The van der Waals surface area contributed by atoms with E-state index in [0.717, 1.165) is 44.8 Å². The van der Waals surface area contributed by atoms with Crippen LogP contribution < -0.4 is 10.6 Å². The summed E-state index contributed by atoms with van der Waals surface area (Å²) in [5.74, 6) is 0. The summed E-state index contributed by atoms with van der Waals surface area (Å²) >= 11 is 0. The topological polar surface area (TPSA) is 81.6 Å². The Bertz CT molecular complexity index is 504. The fourth-order valence-corrected chi connectivity index (χ4v) is 2.82. The first kappa shape index (κ1) is 12.2. The third-order valence-electron chi connectivity index (χ3n) is 4.21. The minimum atomic E-state index is -0.448. The predicted molar refractivity (Wildman–Crippen MR) is 72.2 cm³/mol. The molecule has 0 unspecified atom stereocenters. The number of nitrogen functional groups attached to an aromatic ring is 1. The lowest BCUT2D eigenvalue weighted by Crippen LogP contribution is -2.50. The molecule has 1 aromatic rings. The summed E-state index contributed by atoms with van der Waals surface area (Å²) in [6.45, 7) is 3.67. The van der Waals surface area contributed by atoms with Crippen molar-refractivity contribution in [2.24, 2.45) is 5.41 Å². The maximum absolute atomic E-state index is 10.7. The Hall–Kier alpha value is -1.82. The number of hydrogen-bond acceptors (Lipinski definition) is 5. The van der Waals surface area contributed by atoms with Gasteiger partial charge in [0.1, 0.15) is 5.69 Å². The number of nitro benzene ring substituents is 1. The first-order valence-electron chi connectivity index (χ1n) is 6.46. The molecule has 102 valence electrons. The van der Waals surface area contributed by atoms with Gasteiger partial charge in [-0.1, -0.05) is 0 Å². The van der Waals surface area contributed by atoms with Crippen molar-refractivity contribution in [3.63, 3.8) is 0 Å². The van der Waals surface area contributed by atoms with Crippen LogP contribution in [0.4, 0.5) is 17.1 Å². The molecule has 2 N–H and O–H groups in total. The monoisotopic (exact) mass is 263 g/mol. The summed E-state index contributed by atoms with van der Waals surface area (Å²) in [5.41, 5.74) is 7.30. The largest absolute Gasteiger partial charge is 0.393 e. The molecule has 3 rings (SSSR count). The molecule has 1 spiro atoms. The Morgan fingerprint density at radius 1 is 1.32 bits per heavy atom. The Morgan fingerprint density at radius 2 is 2.00 bits per heavy atom. The highest BCUT2D eigenvalue weighted by molar-refractivity contribution is 5.66. The molecule has 0 bridgehead atoms. The summed E-state index contributed by atoms with van der Waals surface area (Å²) in [7, 11) is 0. The van der Waals surface area contributed by atoms with Gasteiger partial charge in [-0.05, 0) is 25.0 Å². The zero-order chi connectivity index (χ0) is 13.5. The number of hydrogen-bond donors (Lipinski definition) is 1. The molecule has 1 aromatic carbocycles. The molecule has 6 nitrogen and oxygen atoms in total. The van der Waals surface area contributed by atoms with E-state index in [0.29, 0.717) is 5.41 Å². The maximum Gasteiger partial charge on any atom is 0.292 e. The summed E-state index contributed by atoms with van der Waals surface area (Å²) in [5, 5.41) is 10.7. The van der Waals surface area contributed by atoms with Gasteiger partial charge in [0.05, 0.1) is 18.1 Å². The fourth-order valence-electron chi connectivity index (χ4n) is 2.82. The number of nitrogens with two attached hydrogens (primary N) is 1. The molecule has 2 fully saturated rings. The predicted octanol–water partition coefficient (Wildman–Crippen LogP) is 1.79. The summed E-state index contributed by atoms with van der Waals surface area (Å²) in [6.07, 6.45) is 2.23. The molecule has 2 saturated heterocycles. The number of nitro groups is 1. The minimum Gasteiger partial charge on any atom is -0.393 e. The minimum absolute atomic E-state index is 0.0235. The van der Waals surface area contributed by atoms with E-state index >= 15 is 0 Å². The number of benzene rings is 1. The van der Waals surface area contributed by atoms with Crippen LogP contribution in [0.2, 0.25) is 0 Å². The van der Waals surface area contributed by atoms with Crippen LogP contribution in [0.1, 0.15) is 12.8 Å². The van der Waals surface area contributed by atoms with Gasteiger partial charge in [-0.2, -0.15) is 0 Å². The molecule has 6 heteroatoms.